The Labute approximate surface area is 133 Å². The number of nitrogens with one attached hydrogen (secondary N) is 2. The Morgan fingerprint density at radius 1 is 1.05 bits per heavy atom. The zero-order valence-electron chi connectivity index (χ0n) is 10.1. The number of hydrogen-bond donors (Lipinski definition) is 2. The fourth-order valence-corrected chi connectivity index (χ4v) is 2.12. The number of carbonyl (C=O) groups excluding carboxylic acids is 2. The van der Waals surface area contributed by atoms with E-state index in [1.165, 1.54) is 12.4 Å². The maximum Gasteiger partial charge on any atom is 0.271 e. The molecule has 5 nitrogen and oxygen atoms in total. The summed E-state index contributed by atoms with van der Waals surface area (Å²) in [6.45, 7) is 0. The van der Waals surface area contributed by atoms with Crippen LogP contribution in [-0.2, 0) is 0 Å². The molecule has 0 fully saturated rings. The van der Waals surface area contributed by atoms with Crippen molar-refractivity contribution in [2.24, 2.45) is 0 Å². The van der Waals surface area contributed by atoms with Crippen molar-refractivity contribution in [2.75, 3.05) is 0 Å². The highest BCUT2D eigenvalue weighted by atomic mass is 127. The predicted molar refractivity (Wildman–Crippen MR) is 83.3 cm³/mol. The minimum atomic E-state index is -0.476. The molecule has 0 aliphatic rings. The Balaban J connectivity index is 2.02. The van der Waals surface area contributed by atoms with Crippen molar-refractivity contribution >= 4 is 46.0 Å². The Morgan fingerprint density at radius 3 is 2.40 bits per heavy atom. The van der Waals surface area contributed by atoms with Crippen LogP contribution in [0.2, 0.25) is 5.02 Å². The van der Waals surface area contributed by atoms with E-state index in [1.807, 2.05) is 0 Å². The SMILES string of the molecule is O=C(NNC(=O)c1cc(I)ccc1Cl)c1ccncc1. The third kappa shape index (κ3) is 3.67. The summed E-state index contributed by atoms with van der Waals surface area (Å²) in [5.41, 5.74) is 5.33. The molecule has 2 amide bonds. The minimum Gasteiger partial charge on any atom is -0.267 e. The van der Waals surface area contributed by atoms with Gasteiger partial charge in [-0.2, -0.15) is 0 Å². The van der Waals surface area contributed by atoms with Gasteiger partial charge in [0.15, 0.2) is 0 Å². The molecule has 2 aromatic rings. The molecule has 0 atom stereocenters. The molecule has 2 N–H and O–H groups in total. The van der Waals surface area contributed by atoms with Crippen LogP contribution >= 0.6 is 34.2 Å². The lowest BCUT2D eigenvalue weighted by Crippen LogP contribution is -2.41. The summed E-state index contributed by atoms with van der Waals surface area (Å²) in [6, 6.07) is 8.13. The van der Waals surface area contributed by atoms with Gasteiger partial charge >= 0.3 is 0 Å². The van der Waals surface area contributed by atoms with Gasteiger partial charge in [-0.15, -0.1) is 0 Å². The monoisotopic (exact) mass is 401 g/mol. The van der Waals surface area contributed by atoms with E-state index < -0.39 is 11.8 Å². The van der Waals surface area contributed by atoms with Gasteiger partial charge in [0.2, 0.25) is 0 Å². The average molecular weight is 402 g/mol. The number of carbonyl (C=O) groups is 2. The topological polar surface area (TPSA) is 71.1 Å². The molecular weight excluding hydrogens is 393 g/mol. The zero-order valence-corrected chi connectivity index (χ0v) is 13.0. The molecule has 0 bridgehead atoms. The van der Waals surface area contributed by atoms with Gasteiger partial charge in [-0.3, -0.25) is 25.4 Å². The highest BCUT2D eigenvalue weighted by molar-refractivity contribution is 14.1. The van der Waals surface area contributed by atoms with Gasteiger partial charge in [0, 0.05) is 21.5 Å². The molecule has 0 aliphatic heterocycles. The first-order chi connectivity index (χ1) is 9.58. The van der Waals surface area contributed by atoms with Gasteiger partial charge in [0.25, 0.3) is 11.8 Å². The molecule has 102 valence electrons. The number of benzene rings is 1. The molecule has 0 saturated heterocycles. The number of nitrogens with zero attached hydrogens (tertiary/aromatic N) is 1. The first-order valence-corrected chi connectivity index (χ1v) is 6.99. The van der Waals surface area contributed by atoms with E-state index in [0.29, 0.717) is 16.1 Å². The summed E-state index contributed by atoms with van der Waals surface area (Å²) in [5.74, 6) is -0.904. The van der Waals surface area contributed by atoms with Crippen LogP contribution in [0.1, 0.15) is 20.7 Å². The summed E-state index contributed by atoms with van der Waals surface area (Å²) in [6.07, 6.45) is 2.99. The number of aromatic nitrogens is 1. The molecule has 0 aliphatic carbocycles. The Kier molecular flexibility index (Phi) is 4.91. The molecule has 7 heteroatoms. The summed E-state index contributed by atoms with van der Waals surface area (Å²) in [7, 11) is 0. The van der Waals surface area contributed by atoms with Crippen molar-refractivity contribution in [3.63, 3.8) is 0 Å². The first kappa shape index (κ1) is 14.7. The second-order valence-corrected chi connectivity index (χ2v) is 5.42. The highest BCUT2D eigenvalue weighted by Crippen LogP contribution is 2.18. The standard InChI is InChI=1S/C13H9ClIN3O2/c14-11-2-1-9(15)7-10(11)13(20)18-17-12(19)8-3-5-16-6-4-8/h1-7H,(H,17,19)(H,18,20). The van der Waals surface area contributed by atoms with Gasteiger partial charge in [-0.05, 0) is 52.9 Å². The van der Waals surface area contributed by atoms with Gasteiger partial charge in [-0.25, -0.2) is 0 Å². The molecule has 1 aromatic carbocycles. The average Bonchev–Trinajstić information content (AvgIpc) is 2.47. The lowest BCUT2D eigenvalue weighted by Gasteiger charge is -2.08. The van der Waals surface area contributed by atoms with Crippen LogP contribution in [0.25, 0.3) is 0 Å². The number of hydrazine groups is 1. The van der Waals surface area contributed by atoms with E-state index in [2.05, 4.69) is 38.4 Å². The maximum absolute atomic E-state index is 11.9. The van der Waals surface area contributed by atoms with Crippen LogP contribution in [-0.4, -0.2) is 16.8 Å². The van der Waals surface area contributed by atoms with Gasteiger partial charge in [0.1, 0.15) is 0 Å². The van der Waals surface area contributed by atoms with Gasteiger partial charge in [-0.1, -0.05) is 11.6 Å². The molecule has 2 rings (SSSR count). The second-order valence-electron chi connectivity index (χ2n) is 3.77. The van der Waals surface area contributed by atoms with Crippen LogP contribution in [0.3, 0.4) is 0 Å². The van der Waals surface area contributed by atoms with Crippen molar-refractivity contribution < 1.29 is 9.59 Å². The number of amides is 2. The van der Waals surface area contributed by atoms with Crippen LogP contribution in [0.4, 0.5) is 0 Å². The third-order valence-electron chi connectivity index (χ3n) is 2.41. The molecule has 1 heterocycles. The lowest BCUT2D eigenvalue weighted by molar-refractivity contribution is 0.0846. The zero-order chi connectivity index (χ0) is 14.5. The normalized spacial score (nSPS) is 9.90. The molecule has 0 saturated carbocycles. The number of pyridine rings is 1. The summed E-state index contributed by atoms with van der Waals surface area (Å²) in [5, 5.41) is 0.320. The number of hydrogen-bond acceptors (Lipinski definition) is 3. The molecule has 0 radical (unpaired) electrons. The fourth-order valence-electron chi connectivity index (χ4n) is 1.43. The molecule has 0 spiro atoms. The number of halogens is 2. The van der Waals surface area contributed by atoms with Gasteiger partial charge in [0.05, 0.1) is 10.6 Å². The Morgan fingerprint density at radius 2 is 1.70 bits per heavy atom. The minimum absolute atomic E-state index is 0.300. The van der Waals surface area contributed by atoms with E-state index in [9.17, 15) is 9.59 Å². The molecule has 1 aromatic heterocycles. The van der Waals surface area contributed by atoms with Crippen LogP contribution in [0.5, 0.6) is 0 Å². The smallest absolute Gasteiger partial charge is 0.267 e. The van der Waals surface area contributed by atoms with Crippen LogP contribution in [0, 0.1) is 3.57 Å². The van der Waals surface area contributed by atoms with E-state index in [0.717, 1.165) is 3.57 Å². The third-order valence-corrected chi connectivity index (χ3v) is 3.41. The fraction of sp³-hybridized carbons (Fsp3) is 0. The van der Waals surface area contributed by atoms with E-state index in [-0.39, 0.29) is 0 Å². The maximum atomic E-state index is 11.9. The second kappa shape index (κ2) is 6.67. The quantitative estimate of drug-likeness (QED) is 0.600. The van der Waals surface area contributed by atoms with Crippen molar-refractivity contribution in [1.29, 1.82) is 0 Å². The van der Waals surface area contributed by atoms with E-state index in [1.54, 1.807) is 30.3 Å². The predicted octanol–water partition coefficient (Wildman–Crippen LogP) is 2.41. The van der Waals surface area contributed by atoms with Crippen LogP contribution < -0.4 is 10.9 Å². The summed E-state index contributed by atoms with van der Waals surface area (Å²) >= 11 is 8.01. The lowest BCUT2D eigenvalue weighted by atomic mass is 10.2. The molecular formula is C13H9ClIN3O2. The Bertz CT molecular complexity index is 649. The Hall–Kier alpha value is -1.67. The van der Waals surface area contributed by atoms with Crippen molar-refractivity contribution in [2.45, 2.75) is 0 Å². The van der Waals surface area contributed by atoms with Crippen LogP contribution in [0.15, 0.2) is 42.7 Å². The summed E-state index contributed by atoms with van der Waals surface area (Å²) < 4.78 is 0.873. The number of rotatable bonds is 2. The largest absolute Gasteiger partial charge is 0.271 e. The first-order valence-electron chi connectivity index (χ1n) is 5.53. The van der Waals surface area contributed by atoms with Crippen molar-refractivity contribution in [3.05, 3.63) is 62.4 Å². The van der Waals surface area contributed by atoms with Crippen molar-refractivity contribution in [1.82, 2.24) is 15.8 Å². The van der Waals surface area contributed by atoms with Crippen molar-refractivity contribution in [3.8, 4) is 0 Å². The molecule has 20 heavy (non-hydrogen) atoms. The van der Waals surface area contributed by atoms with E-state index in [4.69, 9.17) is 11.6 Å². The summed E-state index contributed by atoms with van der Waals surface area (Å²) in [4.78, 5) is 27.5. The van der Waals surface area contributed by atoms with E-state index >= 15 is 0 Å². The van der Waals surface area contributed by atoms with Gasteiger partial charge < -0.3 is 0 Å². The molecule has 0 unspecified atom stereocenters. The highest BCUT2D eigenvalue weighted by Gasteiger charge is 2.12.